The van der Waals surface area contributed by atoms with Crippen molar-refractivity contribution in [1.82, 2.24) is 5.32 Å². The molecule has 0 aromatic rings. The molecule has 0 aliphatic heterocycles. The molecular formula is C13H25NO4. The second kappa shape index (κ2) is 12.5. The minimum absolute atomic E-state index is 0.241. The van der Waals surface area contributed by atoms with E-state index in [1.165, 1.54) is 0 Å². The molecule has 0 saturated carbocycles. The van der Waals surface area contributed by atoms with Gasteiger partial charge in [-0.3, -0.25) is 9.59 Å². The van der Waals surface area contributed by atoms with E-state index < -0.39 is 5.91 Å². The Kier molecular flexibility index (Phi) is 11.9. The SMILES string of the molecule is CCCOCCCC(=O)C(=O)NCCOCCC. The van der Waals surface area contributed by atoms with E-state index in [2.05, 4.69) is 5.32 Å². The van der Waals surface area contributed by atoms with Crippen molar-refractivity contribution in [2.24, 2.45) is 0 Å². The Morgan fingerprint density at radius 3 is 2.17 bits per heavy atom. The van der Waals surface area contributed by atoms with Crippen LogP contribution in [0.3, 0.4) is 0 Å². The Balaban J connectivity index is 3.43. The van der Waals surface area contributed by atoms with Gasteiger partial charge in [-0.15, -0.1) is 0 Å². The first-order chi connectivity index (χ1) is 8.72. The van der Waals surface area contributed by atoms with Crippen molar-refractivity contribution in [3.05, 3.63) is 0 Å². The molecule has 0 atom stereocenters. The topological polar surface area (TPSA) is 64.6 Å². The second-order valence-corrected chi connectivity index (χ2v) is 4.01. The van der Waals surface area contributed by atoms with Crippen LogP contribution >= 0.6 is 0 Å². The van der Waals surface area contributed by atoms with Crippen LogP contribution in [-0.4, -0.2) is 44.7 Å². The average molecular weight is 259 g/mol. The molecular weight excluding hydrogens is 234 g/mol. The fourth-order valence-corrected chi connectivity index (χ4v) is 1.28. The largest absolute Gasteiger partial charge is 0.381 e. The lowest BCUT2D eigenvalue weighted by Gasteiger charge is -2.05. The van der Waals surface area contributed by atoms with Gasteiger partial charge in [0, 0.05) is 32.8 Å². The number of hydrogen-bond acceptors (Lipinski definition) is 4. The number of ether oxygens (including phenoxy) is 2. The van der Waals surface area contributed by atoms with E-state index in [0.717, 1.165) is 12.8 Å². The maximum absolute atomic E-state index is 11.4. The van der Waals surface area contributed by atoms with Gasteiger partial charge in [0.25, 0.3) is 5.91 Å². The first-order valence-corrected chi connectivity index (χ1v) is 6.68. The van der Waals surface area contributed by atoms with Crippen LogP contribution in [0.1, 0.15) is 39.5 Å². The predicted molar refractivity (Wildman–Crippen MR) is 69.5 cm³/mol. The molecule has 0 unspecified atom stereocenters. The number of hydrogen-bond donors (Lipinski definition) is 1. The standard InChI is InChI=1S/C13H25NO4/c1-3-8-17-10-5-6-12(15)13(16)14-7-11-18-9-4-2/h3-11H2,1-2H3,(H,14,16). The quantitative estimate of drug-likeness (QED) is 0.424. The maximum atomic E-state index is 11.4. The smallest absolute Gasteiger partial charge is 0.287 e. The van der Waals surface area contributed by atoms with Gasteiger partial charge in [0.05, 0.1) is 6.61 Å². The highest BCUT2D eigenvalue weighted by atomic mass is 16.5. The van der Waals surface area contributed by atoms with Gasteiger partial charge in [-0.2, -0.15) is 0 Å². The number of rotatable bonds is 12. The Morgan fingerprint density at radius 2 is 1.56 bits per heavy atom. The molecule has 0 rings (SSSR count). The predicted octanol–water partition coefficient (Wildman–Crippen LogP) is 1.31. The molecule has 0 aliphatic carbocycles. The second-order valence-electron chi connectivity index (χ2n) is 4.01. The zero-order valence-corrected chi connectivity index (χ0v) is 11.5. The number of carbonyl (C=O) groups is 2. The normalized spacial score (nSPS) is 10.3. The number of Topliss-reactive ketones (excluding diaryl/α,β-unsaturated/α-hetero) is 1. The monoisotopic (exact) mass is 259 g/mol. The van der Waals surface area contributed by atoms with Crippen LogP contribution in [0, 0.1) is 0 Å². The molecule has 5 nitrogen and oxygen atoms in total. The van der Waals surface area contributed by atoms with Gasteiger partial charge in [0.15, 0.2) is 0 Å². The van der Waals surface area contributed by atoms with Gasteiger partial charge < -0.3 is 14.8 Å². The summed E-state index contributed by atoms with van der Waals surface area (Å²) < 4.78 is 10.4. The molecule has 0 fully saturated rings. The summed E-state index contributed by atoms with van der Waals surface area (Å²) >= 11 is 0. The van der Waals surface area contributed by atoms with E-state index in [1.54, 1.807) is 0 Å². The highest BCUT2D eigenvalue weighted by Gasteiger charge is 2.11. The lowest BCUT2D eigenvalue weighted by molar-refractivity contribution is -0.138. The van der Waals surface area contributed by atoms with Gasteiger partial charge in [-0.1, -0.05) is 13.8 Å². The fourth-order valence-electron chi connectivity index (χ4n) is 1.28. The zero-order valence-electron chi connectivity index (χ0n) is 11.5. The molecule has 0 bridgehead atoms. The van der Waals surface area contributed by atoms with E-state index in [1.807, 2.05) is 13.8 Å². The summed E-state index contributed by atoms with van der Waals surface area (Å²) in [5.74, 6) is -0.906. The highest BCUT2D eigenvalue weighted by Crippen LogP contribution is 1.93. The molecule has 0 heterocycles. The van der Waals surface area contributed by atoms with Gasteiger partial charge >= 0.3 is 0 Å². The average Bonchev–Trinajstić information content (AvgIpc) is 2.37. The number of ketones is 1. The van der Waals surface area contributed by atoms with Gasteiger partial charge in [0.2, 0.25) is 5.78 Å². The van der Waals surface area contributed by atoms with Crippen LogP contribution in [0.15, 0.2) is 0 Å². The van der Waals surface area contributed by atoms with Crippen LogP contribution < -0.4 is 5.32 Å². The number of carbonyl (C=O) groups excluding carboxylic acids is 2. The molecule has 0 radical (unpaired) electrons. The summed E-state index contributed by atoms with van der Waals surface area (Å²) in [5.41, 5.74) is 0. The Labute approximate surface area is 109 Å². The van der Waals surface area contributed by atoms with Crippen molar-refractivity contribution in [3.63, 3.8) is 0 Å². The number of amides is 1. The van der Waals surface area contributed by atoms with Crippen molar-refractivity contribution in [3.8, 4) is 0 Å². The summed E-state index contributed by atoms with van der Waals surface area (Å²) in [6.07, 6.45) is 2.75. The lowest BCUT2D eigenvalue weighted by atomic mass is 10.2. The first-order valence-electron chi connectivity index (χ1n) is 6.68. The van der Waals surface area contributed by atoms with Crippen LogP contribution in [0.25, 0.3) is 0 Å². The molecule has 18 heavy (non-hydrogen) atoms. The molecule has 0 saturated heterocycles. The highest BCUT2D eigenvalue weighted by molar-refractivity contribution is 6.36. The van der Waals surface area contributed by atoms with Crippen molar-refractivity contribution < 1.29 is 19.1 Å². The van der Waals surface area contributed by atoms with Crippen LogP contribution in [0.5, 0.6) is 0 Å². The number of nitrogens with one attached hydrogen (secondary N) is 1. The summed E-state index contributed by atoms with van der Waals surface area (Å²) in [6.45, 7) is 6.80. The van der Waals surface area contributed by atoms with E-state index >= 15 is 0 Å². The van der Waals surface area contributed by atoms with Crippen LogP contribution in [0.4, 0.5) is 0 Å². The zero-order chi connectivity index (χ0) is 13.6. The molecule has 1 N–H and O–H groups in total. The molecule has 0 aromatic carbocycles. The molecule has 0 spiro atoms. The van der Waals surface area contributed by atoms with Crippen molar-refractivity contribution in [2.75, 3.05) is 33.0 Å². The van der Waals surface area contributed by atoms with Gasteiger partial charge in [0.1, 0.15) is 0 Å². The summed E-state index contributed by atoms with van der Waals surface area (Å²) in [4.78, 5) is 22.7. The Bertz CT molecular complexity index is 207. The third-order valence-corrected chi connectivity index (χ3v) is 2.17. The minimum atomic E-state index is -0.523. The Morgan fingerprint density at radius 1 is 0.944 bits per heavy atom. The third-order valence-electron chi connectivity index (χ3n) is 2.17. The summed E-state index contributed by atoms with van der Waals surface area (Å²) in [6, 6.07) is 0. The molecule has 106 valence electrons. The maximum Gasteiger partial charge on any atom is 0.287 e. The molecule has 5 heteroatoms. The van der Waals surface area contributed by atoms with E-state index in [0.29, 0.717) is 39.4 Å². The fraction of sp³-hybridized carbons (Fsp3) is 0.846. The van der Waals surface area contributed by atoms with Crippen LogP contribution in [-0.2, 0) is 19.1 Å². The first kappa shape index (κ1) is 17.1. The van der Waals surface area contributed by atoms with Crippen molar-refractivity contribution >= 4 is 11.7 Å². The van der Waals surface area contributed by atoms with Gasteiger partial charge in [-0.25, -0.2) is 0 Å². The van der Waals surface area contributed by atoms with E-state index in [-0.39, 0.29) is 12.2 Å². The molecule has 0 aliphatic rings. The van der Waals surface area contributed by atoms with Crippen molar-refractivity contribution in [2.45, 2.75) is 39.5 Å². The van der Waals surface area contributed by atoms with E-state index in [4.69, 9.17) is 9.47 Å². The molecule has 1 amide bonds. The van der Waals surface area contributed by atoms with Gasteiger partial charge in [-0.05, 0) is 19.3 Å². The Hall–Kier alpha value is -0.940. The summed E-state index contributed by atoms with van der Waals surface area (Å²) in [5, 5.41) is 2.54. The lowest BCUT2D eigenvalue weighted by Crippen LogP contribution is -2.33. The third kappa shape index (κ3) is 10.2. The van der Waals surface area contributed by atoms with Crippen molar-refractivity contribution in [1.29, 1.82) is 0 Å². The molecule has 0 aromatic heterocycles. The minimum Gasteiger partial charge on any atom is -0.381 e. The van der Waals surface area contributed by atoms with E-state index in [9.17, 15) is 9.59 Å². The van der Waals surface area contributed by atoms with Crippen LogP contribution in [0.2, 0.25) is 0 Å². The summed E-state index contributed by atoms with van der Waals surface area (Å²) in [7, 11) is 0.